The number of hydrogen-bond acceptors (Lipinski definition) is 3. The van der Waals surface area contributed by atoms with Gasteiger partial charge in [-0.15, -0.1) is 0 Å². The third-order valence-corrected chi connectivity index (χ3v) is 3.46. The predicted octanol–water partition coefficient (Wildman–Crippen LogP) is 2.67. The molecule has 3 nitrogen and oxygen atoms in total. The van der Waals surface area contributed by atoms with Crippen LogP contribution in [-0.2, 0) is 4.74 Å². The van der Waals surface area contributed by atoms with Gasteiger partial charge in [-0.3, -0.25) is 0 Å². The summed E-state index contributed by atoms with van der Waals surface area (Å²) in [7, 11) is 1.64. The van der Waals surface area contributed by atoms with Gasteiger partial charge in [0.05, 0.1) is 23.8 Å². The number of hydrogen-bond donors (Lipinski definition) is 1. The highest BCUT2D eigenvalue weighted by molar-refractivity contribution is 9.10. The molecule has 2 atom stereocenters. The van der Waals surface area contributed by atoms with E-state index in [1.165, 1.54) is 0 Å². The van der Waals surface area contributed by atoms with Gasteiger partial charge in [0, 0.05) is 13.0 Å². The molecule has 1 aromatic carbocycles. The van der Waals surface area contributed by atoms with Gasteiger partial charge in [-0.1, -0.05) is 6.07 Å². The molecule has 1 N–H and O–H groups in total. The number of rotatable bonds is 2. The van der Waals surface area contributed by atoms with Crippen LogP contribution in [0, 0.1) is 0 Å². The number of aliphatic hydroxyl groups excluding tert-OH is 1. The van der Waals surface area contributed by atoms with Gasteiger partial charge in [-0.25, -0.2) is 0 Å². The molecule has 1 aliphatic rings. The van der Waals surface area contributed by atoms with Gasteiger partial charge in [0.15, 0.2) is 0 Å². The molecule has 0 aliphatic carbocycles. The minimum Gasteiger partial charge on any atom is -0.496 e. The lowest BCUT2D eigenvalue weighted by Gasteiger charge is -2.27. The molecule has 2 rings (SSSR count). The van der Waals surface area contributed by atoms with Gasteiger partial charge in [-0.2, -0.15) is 0 Å². The summed E-state index contributed by atoms with van der Waals surface area (Å²) in [5.41, 5.74) is 1.05. The Morgan fingerprint density at radius 3 is 3.00 bits per heavy atom. The SMILES string of the molecule is COc1cc(C2CC(O)CCO2)ccc1Br. The smallest absolute Gasteiger partial charge is 0.133 e. The van der Waals surface area contributed by atoms with Crippen LogP contribution >= 0.6 is 15.9 Å². The third-order valence-electron chi connectivity index (χ3n) is 2.80. The maximum absolute atomic E-state index is 9.60. The summed E-state index contributed by atoms with van der Waals surface area (Å²) < 4.78 is 11.8. The fraction of sp³-hybridized carbons (Fsp3) is 0.500. The molecular formula is C12H15BrO3. The molecule has 16 heavy (non-hydrogen) atoms. The normalized spacial score (nSPS) is 25.4. The first-order chi connectivity index (χ1) is 7.70. The van der Waals surface area contributed by atoms with Gasteiger partial charge in [0.25, 0.3) is 0 Å². The molecule has 88 valence electrons. The van der Waals surface area contributed by atoms with Crippen LogP contribution in [0.15, 0.2) is 22.7 Å². The zero-order chi connectivity index (χ0) is 11.5. The van der Waals surface area contributed by atoms with E-state index < -0.39 is 0 Å². The second kappa shape index (κ2) is 5.17. The van der Waals surface area contributed by atoms with Crippen molar-refractivity contribution >= 4 is 15.9 Å². The van der Waals surface area contributed by atoms with Crippen molar-refractivity contribution in [2.75, 3.05) is 13.7 Å². The summed E-state index contributed by atoms with van der Waals surface area (Å²) in [6.45, 7) is 0.615. The van der Waals surface area contributed by atoms with Crippen molar-refractivity contribution in [3.8, 4) is 5.75 Å². The Balaban J connectivity index is 2.19. The number of aliphatic hydroxyl groups is 1. The quantitative estimate of drug-likeness (QED) is 0.909. The van der Waals surface area contributed by atoms with Crippen molar-refractivity contribution in [2.45, 2.75) is 25.0 Å². The summed E-state index contributed by atoms with van der Waals surface area (Å²) in [4.78, 5) is 0. The predicted molar refractivity (Wildman–Crippen MR) is 64.6 cm³/mol. The molecule has 0 amide bonds. The maximum Gasteiger partial charge on any atom is 0.133 e. The summed E-state index contributed by atoms with van der Waals surface area (Å²) >= 11 is 3.41. The Morgan fingerprint density at radius 2 is 2.31 bits per heavy atom. The molecule has 1 aromatic rings. The number of benzene rings is 1. The number of halogens is 1. The lowest BCUT2D eigenvalue weighted by atomic mass is 9.99. The van der Waals surface area contributed by atoms with E-state index in [9.17, 15) is 5.11 Å². The minimum atomic E-state index is -0.256. The molecular weight excluding hydrogens is 272 g/mol. The molecule has 1 fully saturated rings. The summed E-state index contributed by atoms with van der Waals surface area (Å²) in [6.07, 6.45) is 1.11. The van der Waals surface area contributed by atoms with Crippen molar-refractivity contribution < 1.29 is 14.6 Å². The average molecular weight is 287 g/mol. The second-order valence-corrected chi connectivity index (χ2v) is 4.79. The molecule has 1 heterocycles. The van der Waals surface area contributed by atoms with Crippen LogP contribution in [0.25, 0.3) is 0 Å². The molecule has 0 aromatic heterocycles. The Labute approximate surface area is 104 Å². The van der Waals surface area contributed by atoms with E-state index in [1.54, 1.807) is 7.11 Å². The molecule has 1 saturated heterocycles. The summed E-state index contributed by atoms with van der Waals surface area (Å²) in [6, 6.07) is 5.89. The lowest BCUT2D eigenvalue weighted by Crippen LogP contribution is -2.23. The van der Waals surface area contributed by atoms with Crippen molar-refractivity contribution in [1.82, 2.24) is 0 Å². The topological polar surface area (TPSA) is 38.7 Å². The summed E-state index contributed by atoms with van der Waals surface area (Å²) in [5, 5.41) is 9.60. The third kappa shape index (κ3) is 2.56. The van der Waals surface area contributed by atoms with E-state index in [2.05, 4.69) is 15.9 Å². The highest BCUT2D eigenvalue weighted by atomic mass is 79.9. The van der Waals surface area contributed by atoms with Crippen LogP contribution in [0.2, 0.25) is 0 Å². The Bertz CT molecular complexity index is 367. The van der Waals surface area contributed by atoms with E-state index in [0.717, 1.165) is 22.2 Å². The van der Waals surface area contributed by atoms with Crippen molar-refractivity contribution in [3.05, 3.63) is 28.2 Å². The first kappa shape index (κ1) is 11.9. The molecule has 0 saturated carbocycles. The van der Waals surface area contributed by atoms with Gasteiger partial charge in [0.1, 0.15) is 5.75 Å². The van der Waals surface area contributed by atoms with Crippen LogP contribution < -0.4 is 4.74 Å². The van der Waals surface area contributed by atoms with Crippen LogP contribution in [0.4, 0.5) is 0 Å². The zero-order valence-corrected chi connectivity index (χ0v) is 10.7. The van der Waals surface area contributed by atoms with Crippen LogP contribution in [0.5, 0.6) is 5.75 Å². The monoisotopic (exact) mass is 286 g/mol. The fourth-order valence-electron chi connectivity index (χ4n) is 1.89. The van der Waals surface area contributed by atoms with E-state index in [-0.39, 0.29) is 12.2 Å². The fourth-order valence-corrected chi connectivity index (χ4v) is 2.30. The van der Waals surface area contributed by atoms with E-state index in [0.29, 0.717) is 13.0 Å². The Morgan fingerprint density at radius 1 is 1.50 bits per heavy atom. The molecule has 0 spiro atoms. The van der Waals surface area contributed by atoms with Crippen molar-refractivity contribution in [2.24, 2.45) is 0 Å². The zero-order valence-electron chi connectivity index (χ0n) is 9.15. The highest BCUT2D eigenvalue weighted by Crippen LogP contribution is 2.33. The maximum atomic E-state index is 9.60. The van der Waals surface area contributed by atoms with Crippen molar-refractivity contribution in [1.29, 1.82) is 0 Å². The van der Waals surface area contributed by atoms with E-state index in [4.69, 9.17) is 9.47 Å². The van der Waals surface area contributed by atoms with E-state index >= 15 is 0 Å². The van der Waals surface area contributed by atoms with E-state index in [1.807, 2.05) is 18.2 Å². The summed E-state index contributed by atoms with van der Waals surface area (Å²) in [5.74, 6) is 0.793. The number of ether oxygens (including phenoxy) is 2. The van der Waals surface area contributed by atoms with Crippen LogP contribution in [0.1, 0.15) is 24.5 Å². The average Bonchev–Trinajstić information content (AvgIpc) is 2.29. The molecule has 0 radical (unpaired) electrons. The standard InChI is InChI=1S/C12H15BrO3/c1-15-12-6-8(2-3-10(12)13)11-7-9(14)4-5-16-11/h2-3,6,9,11,14H,4-5,7H2,1H3. The lowest BCUT2D eigenvalue weighted by molar-refractivity contribution is -0.0448. The highest BCUT2D eigenvalue weighted by Gasteiger charge is 2.22. The van der Waals surface area contributed by atoms with Gasteiger partial charge >= 0.3 is 0 Å². The molecule has 2 unspecified atom stereocenters. The van der Waals surface area contributed by atoms with Crippen LogP contribution in [-0.4, -0.2) is 24.9 Å². The van der Waals surface area contributed by atoms with Crippen molar-refractivity contribution in [3.63, 3.8) is 0 Å². The Kier molecular flexibility index (Phi) is 3.84. The van der Waals surface area contributed by atoms with Crippen LogP contribution in [0.3, 0.4) is 0 Å². The second-order valence-electron chi connectivity index (χ2n) is 3.93. The largest absolute Gasteiger partial charge is 0.496 e. The van der Waals surface area contributed by atoms with Gasteiger partial charge < -0.3 is 14.6 Å². The van der Waals surface area contributed by atoms with Gasteiger partial charge in [0.2, 0.25) is 0 Å². The first-order valence-corrected chi connectivity index (χ1v) is 6.13. The molecule has 1 aliphatic heterocycles. The first-order valence-electron chi connectivity index (χ1n) is 5.34. The number of methoxy groups -OCH3 is 1. The minimum absolute atomic E-state index is 0.0225. The molecule has 0 bridgehead atoms. The van der Waals surface area contributed by atoms with Gasteiger partial charge in [-0.05, 0) is 40.0 Å². The molecule has 4 heteroatoms. The Hall–Kier alpha value is -0.580.